The third kappa shape index (κ3) is 5.22. The van der Waals surface area contributed by atoms with Crippen LogP contribution in [-0.2, 0) is 16.1 Å². The molecule has 0 aromatic heterocycles. The number of nitrogens with zero attached hydrogens (tertiary/aromatic N) is 1. The van der Waals surface area contributed by atoms with Gasteiger partial charge in [0.1, 0.15) is 11.4 Å². The number of hydrogen-bond donors (Lipinski definition) is 1. The number of carbonyl (C=O) groups excluding carboxylic acids is 2. The number of piperidine rings is 1. The minimum atomic E-state index is -0.558. The first-order valence-corrected chi connectivity index (χ1v) is 8.25. The van der Waals surface area contributed by atoms with Crippen LogP contribution in [0.2, 0.25) is 0 Å². The maximum absolute atomic E-state index is 13.6. The molecule has 0 radical (unpaired) electrons. The zero-order chi connectivity index (χ0) is 17.7. The van der Waals surface area contributed by atoms with Crippen LogP contribution in [-0.4, -0.2) is 35.6 Å². The van der Waals surface area contributed by atoms with Gasteiger partial charge in [0.25, 0.3) is 0 Å². The van der Waals surface area contributed by atoms with E-state index in [-0.39, 0.29) is 24.2 Å². The number of halogens is 1. The van der Waals surface area contributed by atoms with E-state index in [0.29, 0.717) is 25.1 Å². The maximum Gasteiger partial charge on any atom is 0.410 e. The van der Waals surface area contributed by atoms with Gasteiger partial charge in [-0.3, -0.25) is 4.79 Å². The number of nitrogens with one attached hydrogen (secondary N) is 1. The summed E-state index contributed by atoms with van der Waals surface area (Å²) >= 11 is 0. The first-order chi connectivity index (χ1) is 11.3. The highest BCUT2D eigenvalue weighted by atomic mass is 19.1. The van der Waals surface area contributed by atoms with Crippen molar-refractivity contribution < 1.29 is 18.7 Å². The number of amides is 2. The normalized spacial score (nSPS) is 18.2. The van der Waals surface area contributed by atoms with Crippen LogP contribution in [0.5, 0.6) is 0 Å². The Morgan fingerprint density at radius 2 is 2.04 bits per heavy atom. The summed E-state index contributed by atoms with van der Waals surface area (Å²) < 4.78 is 18.9. The maximum atomic E-state index is 13.6. The number of ether oxygens (including phenoxy) is 1. The monoisotopic (exact) mass is 336 g/mol. The summed E-state index contributed by atoms with van der Waals surface area (Å²) in [7, 11) is 0. The lowest BCUT2D eigenvalue weighted by molar-refractivity contribution is -0.126. The van der Waals surface area contributed by atoms with Crippen LogP contribution in [0, 0.1) is 11.7 Å². The van der Waals surface area contributed by atoms with Crippen molar-refractivity contribution in [2.24, 2.45) is 5.92 Å². The third-order valence-electron chi connectivity index (χ3n) is 3.85. The number of carbonyl (C=O) groups is 2. The molecule has 24 heavy (non-hydrogen) atoms. The first kappa shape index (κ1) is 18.2. The Kier molecular flexibility index (Phi) is 5.80. The summed E-state index contributed by atoms with van der Waals surface area (Å²) in [6, 6.07) is 6.35. The van der Waals surface area contributed by atoms with Crippen molar-refractivity contribution in [3.63, 3.8) is 0 Å². The second-order valence-electron chi connectivity index (χ2n) is 7.07. The molecule has 2 rings (SSSR count). The zero-order valence-corrected chi connectivity index (χ0v) is 14.5. The molecule has 1 fully saturated rings. The van der Waals surface area contributed by atoms with Gasteiger partial charge >= 0.3 is 6.09 Å². The van der Waals surface area contributed by atoms with E-state index in [1.54, 1.807) is 23.1 Å². The molecule has 1 atom stereocenters. The molecular weight excluding hydrogens is 311 g/mol. The molecule has 0 spiro atoms. The predicted molar refractivity (Wildman–Crippen MR) is 88.8 cm³/mol. The summed E-state index contributed by atoms with van der Waals surface area (Å²) in [4.78, 5) is 26.0. The zero-order valence-electron chi connectivity index (χ0n) is 14.5. The first-order valence-electron chi connectivity index (χ1n) is 8.25. The predicted octanol–water partition coefficient (Wildman–Crippen LogP) is 3.09. The number of benzene rings is 1. The lowest BCUT2D eigenvalue weighted by Gasteiger charge is -2.33. The molecule has 1 saturated heterocycles. The number of likely N-dealkylation sites (tertiary alicyclic amines) is 1. The third-order valence-corrected chi connectivity index (χ3v) is 3.85. The fourth-order valence-electron chi connectivity index (χ4n) is 2.65. The molecule has 0 bridgehead atoms. The van der Waals surface area contributed by atoms with Gasteiger partial charge < -0.3 is 15.0 Å². The molecule has 6 heteroatoms. The van der Waals surface area contributed by atoms with Gasteiger partial charge in [0.05, 0.1) is 5.92 Å². The summed E-state index contributed by atoms with van der Waals surface area (Å²) in [6.45, 7) is 6.51. The van der Waals surface area contributed by atoms with E-state index in [2.05, 4.69) is 5.32 Å². The standard InChI is InChI=1S/C18H25FN2O3/c1-18(2,3)24-17(23)21-10-6-8-14(12-21)16(22)20-11-13-7-4-5-9-15(13)19/h4-5,7,9,14H,6,8,10-12H2,1-3H3,(H,20,22)/t14-/m1/s1. The second-order valence-corrected chi connectivity index (χ2v) is 7.07. The topological polar surface area (TPSA) is 58.6 Å². The highest BCUT2D eigenvalue weighted by molar-refractivity contribution is 5.80. The lowest BCUT2D eigenvalue weighted by atomic mass is 9.97. The molecule has 1 aliphatic rings. The number of rotatable bonds is 3. The van der Waals surface area contributed by atoms with Gasteiger partial charge in [-0.1, -0.05) is 18.2 Å². The van der Waals surface area contributed by atoms with Gasteiger partial charge in [0.15, 0.2) is 0 Å². The quantitative estimate of drug-likeness (QED) is 0.923. The molecule has 132 valence electrons. The van der Waals surface area contributed by atoms with Gasteiger partial charge in [-0.25, -0.2) is 9.18 Å². The van der Waals surface area contributed by atoms with Crippen LogP contribution in [0.4, 0.5) is 9.18 Å². The molecule has 1 aromatic rings. The fraction of sp³-hybridized carbons (Fsp3) is 0.556. The van der Waals surface area contributed by atoms with Crippen molar-refractivity contribution in [3.05, 3.63) is 35.6 Å². The Labute approximate surface area is 142 Å². The van der Waals surface area contributed by atoms with E-state index in [4.69, 9.17) is 4.74 Å². The average Bonchev–Trinajstić information content (AvgIpc) is 2.52. The van der Waals surface area contributed by atoms with Crippen molar-refractivity contribution in [1.82, 2.24) is 10.2 Å². The fourth-order valence-corrected chi connectivity index (χ4v) is 2.65. The summed E-state index contributed by atoms with van der Waals surface area (Å²) in [6.07, 6.45) is 1.06. The van der Waals surface area contributed by atoms with Crippen LogP contribution in [0.15, 0.2) is 24.3 Å². The van der Waals surface area contributed by atoms with Crippen molar-refractivity contribution in [2.75, 3.05) is 13.1 Å². The van der Waals surface area contributed by atoms with Crippen LogP contribution < -0.4 is 5.32 Å². The van der Waals surface area contributed by atoms with Crippen molar-refractivity contribution in [3.8, 4) is 0 Å². The summed E-state index contributed by atoms with van der Waals surface area (Å²) in [5.74, 6) is -0.790. The van der Waals surface area contributed by atoms with Crippen molar-refractivity contribution in [1.29, 1.82) is 0 Å². The Hall–Kier alpha value is -2.11. The van der Waals surface area contributed by atoms with E-state index in [0.717, 1.165) is 6.42 Å². The Balaban J connectivity index is 1.88. The lowest BCUT2D eigenvalue weighted by Crippen LogP contribution is -2.46. The van der Waals surface area contributed by atoms with Gasteiger partial charge in [-0.2, -0.15) is 0 Å². The van der Waals surface area contributed by atoms with E-state index in [1.165, 1.54) is 6.07 Å². The van der Waals surface area contributed by atoms with Gasteiger partial charge in [-0.15, -0.1) is 0 Å². The van der Waals surface area contributed by atoms with Crippen LogP contribution >= 0.6 is 0 Å². The minimum absolute atomic E-state index is 0.147. The van der Waals surface area contributed by atoms with Crippen molar-refractivity contribution in [2.45, 2.75) is 45.8 Å². The van der Waals surface area contributed by atoms with Crippen LogP contribution in [0.3, 0.4) is 0 Å². The molecule has 0 unspecified atom stereocenters. The molecule has 2 amide bonds. The Morgan fingerprint density at radius 1 is 1.33 bits per heavy atom. The smallest absolute Gasteiger partial charge is 0.410 e. The molecule has 1 aromatic carbocycles. The van der Waals surface area contributed by atoms with Gasteiger partial charge in [-0.05, 0) is 39.7 Å². The summed E-state index contributed by atoms with van der Waals surface area (Å²) in [5, 5.41) is 2.76. The largest absolute Gasteiger partial charge is 0.444 e. The molecule has 1 N–H and O–H groups in total. The molecule has 1 aliphatic heterocycles. The molecule has 1 heterocycles. The highest BCUT2D eigenvalue weighted by Crippen LogP contribution is 2.19. The van der Waals surface area contributed by atoms with E-state index in [1.807, 2.05) is 20.8 Å². The average molecular weight is 336 g/mol. The molecule has 0 aliphatic carbocycles. The Bertz CT molecular complexity index is 598. The molecule has 0 saturated carbocycles. The van der Waals surface area contributed by atoms with Crippen LogP contribution in [0.1, 0.15) is 39.2 Å². The Morgan fingerprint density at radius 3 is 2.71 bits per heavy atom. The SMILES string of the molecule is CC(C)(C)OC(=O)N1CCC[C@@H](C(=O)NCc2ccccc2F)C1. The number of hydrogen-bond acceptors (Lipinski definition) is 3. The highest BCUT2D eigenvalue weighted by Gasteiger charge is 2.30. The van der Waals surface area contributed by atoms with E-state index < -0.39 is 11.7 Å². The van der Waals surface area contributed by atoms with E-state index in [9.17, 15) is 14.0 Å². The van der Waals surface area contributed by atoms with Crippen molar-refractivity contribution >= 4 is 12.0 Å². The summed E-state index contributed by atoms with van der Waals surface area (Å²) in [5.41, 5.74) is -0.109. The molecular formula is C18H25FN2O3. The van der Waals surface area contributed by atoms with Gasteiger partial charge in [0, 0.05) is 25.2 Å². The minimum Gasteiger partial charge on any atom is -0.444 e. The molecule has 5 nitrogen and oxygen atoms in total. The second kappa shape index (κ2) is 7.64. The van der Waals surface area contributed by atoms with Gasteiger partial charge in [0.2, 0.25) is 5.91 Å². The van der Waals surface area contributed by atoms with E-state index >= 15 is 0 Å². The van der Waals surface area contributed by atoms with Crippen LogP contribution in [0.25, 0.3) is 0 Å².